The Bertz CT molecular complexity index is 1190. The number of hydrogen-bond acceptors (Lipinski definition) is 5. The summed E-state index contributed by atoms with van der Waals surface area (Å²) in [6, 6.07) is 15.9. The minimum Gasteiger partial charge on any atom is -0.455 e. The zero-order chi connectivity index (χ0) is 28.3. The van der Waals surface area contributed by atoms with Crippen molar-refractivity contribution in [2.45, 2.75) is 66.2 Å². The molecule has 1 aliphatic rings. The van der Waals surface area contributed by atoms with Crippen LogP contribution in [-0.4, -0.2) is 61.2 Å². The molecule has 0 aliphatic carbocycles. The lowest BCUT2D eigenvalue weighted by Crippen LogP contribution is -2.34. The van der Waals surface area contributed by atoms with Crippen molar-refractivity contribution in [3.63, 3.8) is 0 Å². The van der Waals surface area contributed by atoms with Gasteiger partial charge in [0.15, 0.2) is 0 Å². The van der Waals surface area contributed by atoms with E-state index in [0.717, 1.165) is 67.8 Å². The summed E-state index contributed by atoms with van der Waals surface area (Å²) in [4.78, 5) is 23.1. The number of rotatable bonds is 14. The van der Waals surface area contributed by atoms with Crippen molar-refractivity contribution >= 4 is 34.5 Å². The molecule has 0 bridgehead atoms. The van der Waals surface area contributed by atoms with Crippen molar-refractivity contribution in [2.75, 3.05) is 44.6 Å². The number of benzene rings is 2. The first-order chi connectivity index (χ1) is 19.4. The molecule has 3 aromatic rings. The summed E-state index contributed by atoms with van der Waals surface area (Å²) in [5, 5.41) is 4.67. The van der Waals surface area contributed by atoms with E-state index in [0.29, 0.717) is 23.2 Å². The van der Waals surface area contributed by atoms with E-state index in [1.807, 2.05) is 53.4 Å². The van der Waals surface area contributed by atoms with Crippen LogP contribution in [0.1, 0.15) is 82.3 Å². The predicted octanol–water partition coefficient (Wildman–Crippen LogP) is 8.01. The van der Waals surface area contributed by atoms with E-state index in [4.69, 9.17) is 9.41 Å². The van der Waals surface area contributed by atoms with Crippen LogP contribution >= 0.6 is 0 Å². The molecule has 0 atom stereocenters. The Morgan fingerprint density at radius 1 is 1.00 bits per heavy atom. The molecule has 0 unspecified atom stereocenters. The third-order valence-corrected chi connectivity index (χ3v) is 7.67. The number of nitrogens with one attached hydrogen (secondary N) is 1. The van der Waals surface area contributed by atoms with Gasteiger partial charge >= 0.3 is 0 Å². The number of anilines is 1. The van der Waals surface area contributed by atoms with Gasteiger partial charge in [-0.3, -0.25) is 9.79 Å². The Labute approximate surface area is 240 Å². The van der Waals surface area contributed by atoms with Gasteiger partial charge in [0, 0.05) is 30.6 Å². The molecule has 1 saturated heterocycles. The van der Waals surface area contributed by atoms with E-state index >= 15 is 0 Å². The molecule has 0 spiro atoms. The molecule has 1 fully saturated rings. The number of carbonyl (C=O) groups excluding carboxylic acids is 1. The van der Waals surface area contributed by atoms with E-state index in [1.54, 1.807) is 6.21 Å². The fourth-order valence-electron chi connectivity index (χ4n) is 5.16. The Hall–Kier alpha value is -3.12. The summed E-state index contributed by atoms with van der Waals surface area (Å²) >= 11 is 0. The molecular weight excluding hydrogens is 496 g/mol. The molecule has 1 N–H and O–H groups in total. The molecule has 1 amide bonds. The molecule has 2 heterocycles. The quantitative estimate of drug-likeness (QED) is 0.165. The number of amides is 1. The van der Waals surface area contributed by atoms with Gasteiger partial charge in [-0.1, -0.05) is 52.3 Å². The number of piperidine rings is 1. The average molecular weight is 545 g/mol. The average Bonchev–Trinajstić information content (AvgIpc) is 3.37. The van der Waals surface area contributed by atoms with Gasteiger partial charge in [-0.25, -0.2) is 0 Å². The van der Waals surface area contributed by atoms with Gasteiger partial charge in [0.1, 0.15) is 11.3 Å². The Morgan fingerprint density at radius 3 is 2.42 bits per heavy atom. The smallest absolute Gasteiger partial charge is 0.253 e. The lowest BCUT2D eigenvalue weighted by molar-refractivity contribution is 0.0741. The zero-order valence-electron chi connectivity index (χ0n) is 25.0. The van der Waals surface area contributed by atoms with Crippen molar-refractivity contribution in [2.24, 2.45) is 16.8 Å². The summed E-state index contributed by atoms with van der Waals surface area (Å²) in [6.07, 6.45) is 8.81. The van der Waals surface area contributed by atoms with Crippen molar-refractivity contribution in [3.8, 4) is 0 Å². The predicted molar refractivity (Wildman–Crippen MR) is 168 cm³/mol. The van der Waals surface area contributed by atoms with Crippen LogP contribution in [0.3, 0.4) is 0 Å². The van der Waals surface area contributed by atoms with Crippen LogP contribution < -0.4 is 5.32 Å². The van der Waals surface area contributed by atoms with Gasteiger partial charge in [-0.15, -0.1) is 0 Å². The molecular formula is C34H48N4O2. The molecule has 1 aromatic heterocycles. The maximum atomic E-state index is 13.7. The molecule has 40 heavy (non-hydrogen) atoms. The second kappa shape index (κ2) is 15.0. The number of furan rings is 1. The molecule has 0 saturated carbocycles. The maximum Gasteiger partial charge on any atom is 0.253 e. The second-order valence-corrected chi connectivity index (χ2v) is 12.0. The lowest BCUT2D eigenvalue weighted by atomic mass is 10.1. The first-order valence-corrected chi connectivity index (χ1v) is 15.3. The van der Waals surface area contributed by atoms with Crippen molar-refractivity contribution in [3.05, 3.63) is 59.9 Å². The Balaban J connectivity index is 1.52. The van der Waals surface area contributed by atoms with Gasteiger partial charge in [-0.2, -0.15) is 0 Å². The van der Waals surface area contributed by atoms with Crippen LogP contribution in [0.25, 0.3) is 11.0 Å². The number of aliphatic imine (C=N–C) groups is 1. The highest BCUT2D eigenvalue weighted by atomic mass is 16.3. The molecule has 6 heteroatoms. The van der Waals surface area contributed by atoms with E-state index in [1.165, 1.54) is 32.4 Å². The summed E-state index contributed by atoms with van der Waals surface area (Å²) in [5.74, 6) is 1.93. The van der Waals surface area contributed by atoms with Gasteiger partial charge in [-0.05, 0) is 93.9 Å². The summed E-state index contributed by atoms with van der Waals surface area (Å²) < 4.78 is 5.95. The van der Waals surface area contributed by atoms with Gasteiger partial charge in [0.05, 0.1) is 17.6 Å². The first-order valence-electron chi connectivity index (χ1n) is 15.3. The third-order valence-electron chi connectivity index (χ3n) is 7.67. The van der Waals surface area contributed by atoms with E-state index < -0.39 is 0 Å². The fraction of sp³-hybridized carbons (Fsp3) is 0.529. The zero-order valence-corrected chi connectivity index (χ0v) is 25.0. The highest BCUT2D eigenvalue weighted by Gasteiger charge is 2.18. The highest BCUT2D eigenvalue weighted by molar-refractivity contribution is 5.97. The Morgan fingerprint density at radius 2 is 1.73 bits per heavy atom. The van der Waals surface area contributed by atoms with Gasteiger partial charge < -0.3 is 19.5 Å². The second-order valence-electron chi connectivity index (χ2n) is 12.0. The minimum absolute atomic E-state index is 0.102. The van der Waals surface area contributed by atoms with E-state index in [9.17, 15) is 4.79 Å². The molecule has 1 aliphatic heterocycles. The summed E-state index contributed by atoms with van der Waals surface area (Å²) in [6.45, 7) is 14.8. The molecule has 0 radical (unpaired) electrons. The van der Waals surface area contributed by atoms with Gasteiger partial charge in [0.25, 0.3) is 5.91 Å². The summed E-state index contributed by atoms with van der Waals surface area (Å²) in [5.41, 5.74) is 3.27. The minimum atomic E-state index is 0.102. The van der Waals surface area contributed by atoms with E-state index in [2.05, 4.69) is 37.9 Å². The van der Waals surface area contributed by atoms with Crippen LogP contribution in [-0.2, 0) is 0 Å². The lowest BCUT2D eigenvalue weighted by Gasteiger charge is -2.26. The molecule has 6 nitrogen and oxygen atoms in total. The molecule has 2 aromatic carbocycles. The number of nitrogens with zero attached hydrogens (tertiary/aromatic N) is 3. The number of hydrogen-bond donors (Lipinski definition) is 1. The van der Waals surface area contributed by atoms with E-state index in [-0.39, 0.29) is 5.91 Å². The highest BCUT2D eigenvalue weighted by Crippen LogP contribution is 2.28. The topological polar surface area (TPSA) is 61.1 Å². The third kappa shape index (κ3) is 8.95. The molecule has 216 valence electrons. The standard InChI is InChI=1S/C34H48N4O2/c1-26(2)15-21-38(22-16-27(3)4)34(39)29-13-14-31(36-25-30-23-28-11-6-7-12-33(28)40-30)32(24-29)35-17-10-20-37-18-8-5-9-19-37/h6-7,11-14,23-27,35H,5,8-10,15-22H2,1-4H3. The summed E-state index contributed by atoms with van der Waals surface area (Å²) in [7, 11) is 0. The Kier molecular flexibility index (Phi) is 11.2. The van der Waals surface area contributed by atoms with Crippen LogP contribution in [0.4, 0.5) is 11.4 Å². The fourth-order valence-corrected chi connectivity index (χ4v) is 5.16. The van der Waals surface area contributed by atoms with Crippen molar-refractivity contribution in [1.82, 2.24) is 9.80 Å². The number of likely N-dealkylation sites (tertiary alicyclic amines) is 1. The van der Waals surface area contributed by atoms with Crippen LogP contribution in [0.5, 0.6) is 0 Å². The monoisotopic (exact) mass is 544 g/mol. The maximum absolute atomic E-state index is 13.7. The largest absolute Gasteiger partial charge is 0.455 e. The molecule has 4 rings (SSSR count). The number of para-hydroxylation sites is 1. The first kappa shape index (κ1) is 29.9. The van der Waals surface area contributed by atoms with Crippen molar-refractivity contribution in [1.29, 1.82) is 0 Å². The normalized spacial score (nSPS) is 14.6. The number of carbonyl (C=O) groups is 1. The SMILES string of the molecule is CC(C)CCN(CCC(C)C)C(=O)c1ccc(N=Cc2cc3ccccc3o2)c(NCCCN2CCCCC2)c1. The number of fused-ring (bicyclic) bond motifs is 1. The van der Waals surface area contributed by atoms with Crippen LogP contribution in [0.15, 0.2) is 57.9 Å². The van der Waals surface area contributed by atoms with Crippen LogP contribution in [0, 0.1) is 11.8 Å². The van der Waals surface area contributed by atoms with Gasteiger partial charge in [0.2, 0.25) is 0 Å². The van der Waals surface area contributed by atoms with Crippen LogP contribution in [0.2, 0.25) is 0 Å². The van der Waals surface area contributed by atoms with Crippen molar-refractivity contribution < 1.29 is 9.21 Å².